The van der Waals surface area contributed by atoms with Crippen molar-refractivity contribution in [3.63, 3.8) is 0 Å². The minimum absolute atomic E-state index is 0.299. The molecule has 19 heavy (non-hydrogen) atoms. The van der Waals surface area contributed by atoms with E-state index in [-0.39, 0.29) is 0 Å². The summed E-state index contributed by atoms with van der Waals surface area (Å²) in [6.45, 7) is 1.81. The fraction of sp³-hybridized carbons (Fsp3) is 0.714. The summed E-state index contributed by atoms with van der Waals surface area (Å²) in [5, 5.41) is 3.71. The number of hydrogen-bond donors (Lipinski definition) is 2. The molecule has 0 saturated heterocycles. The Bertz CT molecular complexity index is 409. The summed E-state index contributed by atoms with van der Waals surface area (Å²) in [6, 6.07) is 2.48. The molecule has 0 radical (unpaired) electrons. The number of nitrogens with one attached hydrogen (secondary N) is 1. The SMILES string of the molecule is NCC(NCC(C1CC1)C1CC1)c1cc(Br)c(Br)s1. The van der Waals surface area contributed by atoms with Crippen LogP contribution in [-0.2, 0) is 0 Å². The molecule has 0 spiro atoms. The molecule has 2 fully saturated rings. The minimum atomic E-state index is 0.299. The van der Waals surface area contributed by atoms with Gasteiger partial charge in [0, 0.05) is 15.9 Å². The van der Waals surface area contributed by atoms with E-state index in [1.807, 2.05) is 0 Å². The zero-order chi connectivity index (χ0) is 13.4. The second-order valence-corrected chi connectivity index (χ2v) is 9.06. The maximum Gasteiger partial charge on any atom is 0.0843 e. The van der Waals surface area contributed by atoms with E-state index in [1.165, 1.54) is 30.6 Å². The zero-order valence-corrected chi connectivity index (χ0v) is 14.9. The van der Waals surface area contributed by atoms with Crippen molar-refractivity contribution in [3.8, 4) is 0 Å². The van der Waals surface area contributed by atoms with Crippen LogP contribution in [-0.4, -0.2) is 13.1 Å². The molecule has 1 heterocycles. The van der Waals surface area contributed by atoms with Crippen molar-refractivity contribution in [3.05, 3.63) is 19.2 Å². The number of rotatable bonds is 7. The van der Waals surface area contributed by atoms with Crippen molar-refractivity contribution in [1.29, 1.82) is 0 Å². The molecule has 0 bridgehead atoms. The Labute approximate surface area is 135 Å². The maximum absolute atomic E-state index is 5.95. The molecular weight excluding hydrogens is 388 g/mol. The Morgan fingerprint density at radius 2 is 1.89 bits per heavy atom. The number of halogens is 2. The molecule has 0 amide bonds. The Kier molecular flexibility index (Phi) is 4.69. The average Bonchev–Trinajstić information content (AvgIpc) is 3.26. The number of hydrogen-bond acceptors (Lipinski definition) is 3. The lowest BCUT2D eigenvalue weighted by molar-refractivity contribution is 0.359. The van der Waals surface area contributed by atoms with Crippen molar-refractivity contribution >= 4 is 43.2 Å². The lowest BCUT2D eigenvalue weighted by Crippen LogP contribution is -2.33. The molecular formula is C14H20Br2N2S. The first-order valence-corrected chi connectivity index (χ1v) is 9.47. The molecule has 1 atom stereocenters. The van der Waals surface area contributed by atoms with Crippen molar-refractivity contribution < 1.29 is 0 Å². The first-order valence-electron chi connectivity index (χ1n) is 7.07. The lowest BCUT2D eigenvalue weighted by Gasteiger charge is -2.21. The highest BCUT2D eigenvalue weighted by Crippen LogP contribution is 2.49. The predicted molar refractivity (Wildman–Crippen MR) is 88.5 cm³/mol. The predicted octanol–water partition coefficient (Wildman–Crippen LogP) is 4.30. The van der Waals surface area contributed by atoms with Crippen LogP contribution < -0.4 is 11.1 Å². The van der Waals surface area contributed by atoms with Gasteiger partial charge in [0.25, 0.3) is 0 Å². The van der Waals surface area contributed by atoms with Crippen LogP contribution in [0.3, 0.4) is 0 Å². The third-order valence-corrected chi connectivity index (χ3v) is 7.67. The molecule has 0 aromatic carbocycles. The Balaban J connectivity index is 1.59. The Hall–Kier alpha value is 0.580. The highest BCUT2D eigenvalue weighted by atomic mass is 79.9. The van der Waals surface area contributed by atoms with E-state index in [1.54, 1.807) is 11.3 Å². The zero-order valence-electron chi connectivity index (χ0n) is 10.9. The first kappa shape index (κ1) is 14.5. The summed E-state index contributed by atoms with van der Waals surface area (Å²) < 4.78 is 2.29. The van der Waals surface area contributed by atoms with Gasteiger partial charge in [-0.05, 0) is 87.9 Å². The molecule has 3 N–H and O–H groups in total. The van der Waals surface area contributed by atoms with Gasteiger partial charge in [-0.2, -0.15) is 0 Å². The Morgan fingerprint density at radius 3 is 2.32 bits per heavy atom. The van der Waals surface area contributed by atoms with Gasteiger partial charge < -0.3 is 11.1 Å². The van der Waals surface area contributed by atoms with Gasteiger partial charge >= 0.3 is 0 Å². The van der Waals surface area contributed by atoms with E-state index in [9.17, 15) is 0 Å². The third-order valence-electron chi connectivity index (χ3n) is 4.30. The van der Waals surface area contributed by atoms with Crippen molar-refractivity contribution in [2.24, 2.45) is 23.5 Å². The molecule has 1 aromatic heterocycles. The van der Waals surface area contributed by atoms with Crippen LogP contribution >= 0.6 is 43.2 Å². The fourth-order valence-electron chi connectivity index (χ4n) is 2.88. The molecule has 3 rings (SSSR count). The van der Waals surface area contributed by atoms with Crippen LogP contribution in [0.5, 0.6) is 0 Å². The van der Waals surface area contributed by atoms with E-state index in [4.69, 9.17) is 5.73 Å². The van der Waals surface area contributed by atoms with Gasteiger partial charge in [-0.3, -0.25) is 0 Å². The quantitative estimate of drug-likeness (QED) is 0.706. The molecule has 0 aliphatic heterocycles. The topological polar surface area (TPSA) is 38.0 Å². The van der Waals surface area contributed by atoms with Crippen LogP contribution in [0.15, 0.2) is 14.3 Å². The monoisotopic (exact) mass is 406 g/mol. The molecule has 2 nitrogen and oxygen atoms in total. The van der Waals surface area contributed by atoms with Crippen molar-refractivity contribution in [2.75, 3.05) is 13.1 Å². The first-order chi connectivity index (χ1) is 9.19. The van der Waals surface area contributed by atoms with E-state index in [0.29, 0.717) is 12.6 Å². The van der Waals surface area contributed by atoms with Gasteiger partial charge in [-0.15, -0.1) is 11.3 Å². The largest absolute Gasteiger partial charge is 0.329 e. The van der Waals surface area contributed by atoms with E-state index in [0.717, 1.165) is 32.6 Å². The summed E-state index contributed by atoms with van der Waals surface area (Å²) in [5.41, 5.74) is 5.95. The highest BCUT2D eigenvalue weighted by molar-refractivity contribution is 9.13. The lowest BCUT2D eigenvalue weighted by atomic mass is 9.97. The van der Waals surface area contributed by atoms with Gasteiger partial charge in [0.15, 0.2) is 0 Å². The number of nitrogens with two attached hydrogens (primary N) is 1. The molecule has 5 heteroatoms. The maximum atomic E-state index is 5.95. The molecule has 1 unspecified atom stereocenters. The van der Waals surface area contributed by atoms with Gasteiger partial charge in [0.1, 0.15) is 0 Å². The van der Waals surface area contributed by atoms with Gasteiger partial charge in [-0.1, -0.05) is 0 Å². The van der Waals surface area contributed by atoms with Gasteiger partial charge in [0.2, 0.25) is 0 Å². The summed E-state index contributed by atoms with van der Waals surface area (Å²) in [7, 11) is 0. The van der Waals surface area contributed by atoms with Crippen LogP contribution in [0.2, 0.25) is 0 Å². The molecule has 2 aliphatic carbocycles. The molecule has 1 aromatic rings. The average molecular weight is 408 g/mol. The van der Waals surface area contributed by atoms with Crippen LogP contribution in [0.1, 0.15) is 36.6 Å². The van der Waals surface area contributed by atoms with Crippen LogP contribution in [0.25, 0.3) is 0 Å². The fourth-order valence-corrected chi connectivity index (χ4v) is 5.06. The summed E-state index contributed by atoms with van der Waals surface area (Å²) in [6.07, 6.45) is 5.80. The normalized spacial score (nSPS) is 21.1. The molecule has 2 aliphatic rings. The third kappa shape index (κ3) is 3.62. The highest BCUT2D eigenvalue weighted by Gasteiger charge is 2.41. The number of thiophene rings is 1. The van der Waals surface area contributed by atoms with E-state index >= 15 is 0 Å². The van der Waals surface area contributed by atoms with Crippen LogP contribution in [0, 0.1) is 17.8 Å². The van der Waals surface area contributed by atoms with Gasteiger partial charge in [-0.25, -0.2) is 0 Å². The van der Waals surface area contributed by atoms with Crippen molar-refractivity contribution in [2.45, 2.75) is 31.7 Å². The minimum Gasteiger partial charge on any atom is -0.329 e. The summed E-state index contributed by atoms with van der Waals surface area (Å²) in [5.74, 6) is 2.90. The summed E-state index contributed by atoms with van der Waals surface area (Å²) in [4.78, 5) is 1.33. The Morgan fingerprint density at radius 1 is 1.26 bits per heavy atom. The van der Waals surface area contributed by atoms with E-state index in [2.05, 4.69) is 43.2 Å². The second-order valence-electron chi connectivity index (χ2n) is 5.81. The standard InChI is InChI=1S/C14H20Br2N2S/c15-11-5-13(19-14(11)16)12(6-17)18-7-10(8-1-2-8)9-3-4-9/h5,8-10,12,18H,1-4,6-7,17H2. The van der Waals surface area contributed by atoms with Gasteiger partial charge in [0.05, 0.1) is 9.83 Å². The van der Waals surface area contributed by atoms with E-state index < -0.39 is 0 Å². The smallest absolute Gasteiger partial charge is 0.0843 e. The van der Waals surface area contributed by atoms with Crippen LogP contribution in [0.4, 0.5) is 0 Å². The van der Waals surface area contributed by atoms with Crippen molar-refractivity contribution in [1.82, 2.24) is 5.32 Å². The summed E-state index contributed by atoms with van der Waals surface area (Å²) >= 11 is 8.89. The second kappa shape index (κ2) is 6.14. The molecule has 2 saturated carbocycles. The molecule has 106 valence electrons.